The van der Waals surface area contributed by atoms with Crippen molar-refractivity contribution in [1.29, 1.82) is 0 Å². The SMILES string of the molecule is CN(C)CCN(Cc1ccccc1)C(=O)/C=C/c1cccc2cccnc12. The molecule has 4 heteroatoms. The van der Waals surface area contributed by atoms with Crippen molar-refractivity contribution in [1.82, 2.24) is 14.8 Å². The Morgan fingerprint density at radius 2 is 1.74 bits per heavy atom. The van der Waals surface area contributed by atoms with Gasteiger partial charge in [0.2, 0.25) is 5.91 Å². The van der Waals surface area contributed by atoms with Gasteiger partial charge in [-0.25, -0.2) is 0 Å². The highest BCUT2D eigenvalue weighted by Crippen LogP contribution is 2.17. The molecule has 0 bridgehead atoms. The maximum absolute atomic E-state index is 12.9. The van der Waals surface area contributed by atoms with Gasteiger partial charge in [0.15, 0.2) is 0 Å². The van der Waals surface area contributed by atoms with Crippen LogP contribution in [0.3, 0.4) is 0 Å². The van der Waals surface area contributed by atoms with Gasteiger partial charge in [-0.15, -0.1) is 0 Å². The number of para-hydroxylation sites is 1. The van der Waals surface area contributed by atoms with E-state index < -0.39 is 0 Å². The average molecular weight is 359 g/mol. The number of rotatable bonds is 7. The van der Waals surface area contributed by atoms with E-state index in [0.717, 1.165) is 28.6 Å². The lowest BCUT2D eigenvalue weighted by atomic mass is 10.1. The molecule has 0 aliphatic carbocycles. The summed E-state index contributed by atoms with van der Waals surface area (Å²) in [6.45, 7) is 2.10. The number of hydrogen-bond acceptors (Lipinski definition) is 3. The molecule has 3 aromatic rings. The molecule has 0 spiro atoms. The van der Waals surface area contributed by atoms with Gasteiger partial charge in [0.05, 0.1) is 5.52 Å². The molecule has 0 unspecified atom stereocenters. The summed E-state index contributed by atoms with van der Waals surface area (Å²) in [5.74, 6) is 0.00800. The van der Waals surface area contributed by atoms with E-state index in [-0.39, 0.29) is 5.91 Å². The van der Waals surface area contributed by atoms with E-state index in [4.69, 9.17) is 0 Å². The second-order valence-electron chi connectivity index (χ2n) is 6.80. The molecule has 0 radical (unpaired) electrons. The van der Waals surface area contributed by atoms with Crippen molar-refractivity contribution in [2.45, 2.75) is 6.54 Å². The van der Waals surface area contributed by atoms with Crippen LogP contribution < -0.4 is 0 Å². The Morgan fingerprint density at radius 3 is 2.52 bits per heavy atom. The third-order valence-corrected chi connectivity index (χ3v) is 4.41. The van der Waals surface area contributed by atoms with Crippen LogP contribution in [0.2, 0.25) is 0 Å². The Kier molecular flexibility index (Phi) is 6.34. The second kappa shape index (κ2) is 9.10. The van der Waals surface area contributed by atoms with E-state index in [0.29, 0.717) is 13.1 Å². The summed E-state index contributed by atoms with van der Waals surface area (Å²) in [4.78, 5) is 21.3. The normalized spacial score (nSPS) is 11.4. The first-order valence-electron chi connectivity index (χ1n) is 9.13. The van der Waals surface area contributed by atoms with Crippen LogP contribution in [0.4, 0.5) is 0 Å². The highest BCUT2D eigenvalue weighted by molar-refractivity contribution is 5.95. The number of aromatic nitrogens is 1. The highest BCUT2D eigenvalue weighted by Gasteiger charge is 2.12. The standard InChI is InChI=1S/C23H25N3O/c1-25(2)16-17-26(18-19-8-4-3-5-9-19)22(27)14-13-21-11-6-10-20-12-7-15-24-23(20)21/h3-15H,16-18H2,1-2H3/b14-13+. The minimum atomic E-state index is 0.00800. The molecule has 0 aliphatic rings. The summed E-state index contributed by atoms with van der Waals surface area (Å²) in [7, 11) is 4.03. The van der Waals surface area contributed by atoms with Crippen LogP contribution in [0.1, 0.15) is 11.1 Å². The number of nitrogens with zero attached hydrogens (tertiary/aromatic N) is 3. The van der Waals surface area contributed by atoms with Crippen molar-refractivity contribution in [2.75, 3.05) is 27.2 Å². The predicted octanol–water partition coefficient (Wildman–Crippen LogP) is 3.84. The number of benzene rings is 2. The molecule has 0 atom stereocenters. The van der Waals surface area contributed by atoms with Gasteiger partial charge in [0.25, 0.3) is 0 Å². The summed E-state index contributed by atoms with van der Waals surface area (Å²) < 4.78 is 0. The van der Waals surface area contributed by atoms with Crippen molar-refractivity contribution in [2.24, 2.45) is 0 Å². The van der Waals surface area contributed by atoms with Crippen LogP contribution in [0, 0.1) is 0 Å². The number of pyridine rings is 1. The molecular weight excluding hydrogens is 334 g/mol. The Balaban J connectivity index is 1.79. The zero-order chi connectivity index (χ0) is 19.1. The number of amides is 1. The number of carbonyl (C=O) groups is 1. The summed E-state index contributed by atoms with van der Waals surface area (Å²) in [6.07, 6.45) is 5.30. The molecule has 1 heterocycles. The van der Waals surface area contributed by atoms with Crippen LogP contribution in [0.25, 0.3) is 17.0 Å². The molecule has 0 aliphatic heterocycles. The smallest absolute Gasteiger partial charge is 0.246 e. The summed E-state index contributed by atoms with van der Waals surface area (Å²) in [5, 5.41) is 1.07. The average Bonchev–Trinajstić information content (AvgIpc) is 2.70. The highest BCUT2D eigenvalue weighted by atomic mass is 16.2. The molecule has 2 aromatic carbocycles. The molecule has 1 aromatic heterocycles. The van der Waals surface area contributed by atoms with Gasteiger partial charge < -0.3 is 9.80 Å². The molecule has 4 nitrogen and oxygen atoms in total. The number of likely N-dealkylation sites (N-methyl/N-ethyl adjacent to an activating group) is 1. The minimum Gasteiger partial charge on any atom is -0.334 e. The van der Waals surface area contributed by atoms with E-state index in [2.05, 4.69) is 9.88 Å². The first-order valence-corrected chi connectivity index (χ1v) is 9.13. The number of carbonyl (C=O) groups excluding carboxylic acids is 1. The monoisotopic (exact) mass is 359 g/mol. The maximum Gasteiger partial charge on any atom is 0.246 e. The summed E-state index contributed by atoms with van der Waals surface area (Å²) >= 11 is 0. The van der Waals surface area contributed by atoms with Crippen LogP contribution in [0.5, 0.6) is 0 Å². The second-order valence-corrected chi connectivity index (χ2v) is 6.80. The van der Waals surface area contributed by atoms with Crippen LogP contribution in [-0.4, -0.2) is 47.9 Å². The van der Waals surface area contributed by atoms with Gasteiger partial charge in [-0.05, 0) is 31.8 Å². The van der Waals surface area contributed by atoms with E-state index in [9.17, 15) is 4.79 Å². The van der Waals surface area contributed by atoms with Crippen molar-refractivity contribution in [3.8, 4) is 0 Å². The summed E-state index contributed by atoms with van der Waals surface area (Å²) in [6, 6.07) is 20.0. The lowest BCUT2D eigenvalue weighted by Gasteiger charge is -2.23. The fourth-order valence-corrected chi connectivity index (χ4v) is 2.92. The van der Waals surface area contributed by atoms with Gasteiger partial charge in [-0.2, -0.15) is 0 Å². The number of hydrogen-bond donors (Lipinski definition) is 0. The predicted molar refractivity (Wildman–Crippen MR) is 111 cm³/mol. The quantitative estimate of drug-likeness (QED) is 0.602. The molecule has 0 saturated heterocycles. The fourth-order valence-electron chi connectivity index (χ4n) is 2.92. The Bertz CT molecular complexity index is 914. The fraction of sp³-hybridized carbons (Fsp3) is 0.217. The lowest BCUT2D eigenvalue weighted by Crippen LogP contribution is -2.35. The lowest BCUT2D eigenvalue weighted by molar-refractivity contribution is -0.126. The zero-order valence-corrected chi connectivity index (χ0v) is 15.9. The van der Waals surface area contributed by atoms with E-state index in [1.165, 1.54) is 0 Å². The maximum atomic E-state index is 12.9. The Labute approximate surface area is 160 Å². The topological polar surface area (TPSA) is 36.4 Å². The molecular formula is C23H25N3O. The van der Waals surface area contributed by atoms with Crippen LogP contribution in [0.15, 0.2) is 72.9 Å². The van der Waals surface area contributed by atoms with Gasteiger partial charge in [-0.1, -0.05) is 54.6 Å². The molecule has 0 N–H and O–H groups in total. The van der Waals surface area contributed by atoms with E-state index in [1.807, 2.05) is 85.7 Å². The third kappa shape index (κ3) is 5.25. The molecule has 138 valence electrons. The van der Waals surface area contributed by atoms with Crippen molar-refractivity contribution < 1.29 is 4.79 Å². The third-order valence-electron chi connectivity index (χ3n) is 4.41. The molecule has 0 fully saturated rings. The number of fused-ring (bicyclic) bond motifs is 1. The van der Waals surface area contributed by atoms with E-state index >= 15 is 0 Å². The first kappa shape index (κ1) is 18.8. The first-order chi connectivity index (χ1) is 13.1. The zero-order valence-electron chi connectivity index (χ0n) is 15.9. The van der Waals surface area contributed by atoms with Crippen LogP contribution >= 0.6 is 0 Å². The van der Waals surface area contributed by atoms with Gasteiger partial charge >= 0.3 is 0 Å². The van der Waals surface area contributed by atoms with E-state index in [1.54, 1.807) is 12.3 Å². The van der Waals surface area contributed by atoms with Gasteiger partial charge in [0.1, 0.15) is 0 Å². The Hall–Kier alpha value is -2.98. The van der Waals surface area contributed by atoms with Crippen molar-refractivity contribution >= 4 is 22.9 Å². The van der Waals surface area contributed by atoms with Crippen molar-refractivity contribution in [3.63, 3.8) is 0 Å². The Morgan fingerprint density at radius 1 is 0.963 bits per heavy atom. The molecule has 27 heavy (non-hydrogen) atoms. The minimum absolute atomic E-state index is 0.00800. The molecule has 0 saturated carbocycles. The van der Waals surface area contributed by atoms with Gasteiger partial charge in [0, 0.05) is 42.9 Å². The molecule has 1 amide bonds. The molecule has 3 rings (SSSR count). The van der Waals surface area contributed by atoms with Gasteiger partial charge in [-0.3, -0.25) is 9.78 Å². The van der Waals surface area contributed by atoms with Crippen molar-refractivity contribution in [3.05, 3.63) is 84.1 Å². The summed E-state index contributed by atoms with van der Waals surface area (Å²) in [5.41, 5.74) is 2.99. The largest absolute Gasteiger partial charge is 0.334 e. The van der Waals surface area contributed by atoms with Crippen LogP contribution in [-0.2, 0) is 11.3 Å².